The summed E-state index contributed by atoms with van der Waals surface area (Å²) in [5.74, 6) is 2.28. The number of benzene rings is 1. The van der Waals surface area contributed by atoms with Crippen LogP contribution in [0, 0.1) is 9.49 Å². The Balaban J connectivity index is 1.64. The summed E-state index contributed by atoms with van der Waals surface area (Å²) in [5, 5.41) is 2.69. The lowest BCUT2D eigenvalue weighted by molar-refractivity contribution is -0.122. The van der Waals surface area contributed by atoms with Crippen molar-refractivity contribution in [2.45, 2.75) is 39.5 Å². The number of ether oxygens (including phenoxy) is 2. The third-order valence-electron chi connectivity index (χ3n) is 5.69. The van der Waals surface area contributed by atoms with E-state index in [2.05, 4.69) is 51.7 Å². The number of nitrogens with two attached hydrogens (primary N) is 1. The van der Waals surface area contributed by atoms with Crippen molar-refractivity contribution in [3.05, 3.63) is 27.5 Å². The van der Waals surface area contributed by atoms with E-state index < -0.39 is 0 Å². The van der Waals surface area contributed by atoms with Crippen LogP contribution < -0.4 is 20.5 Å². The summed E-state index contributed by atoms with van der Waals surface area (Å²) in [6.45, 7) is 7.40. The Morgan fingerprint density at radius 3 is 2.52 bits per heavy atom. The highest BCUT2D eigenvalue weighted by Gasteiger charge is 2.24. The quantitative estimate of drug-likeness (QED) is 0.462. The summed E-state index contributed by atoms with van der Waals surface area (Å²) in [6.07, 6.45) is 3.01. The van der Waals surface area contributed by atoms with Gasteiger partial charge in [-0.05, 0) is 73.5 Å². The molecule has 0 unspecified atom stereocenters. The van der Waals surface area contributed by atoms with Gasteiger partial charge in [-0.1, -0.05) is 13.8 Å². The highest BCUT2D eigenvalue weighted by Crippen LogP contribution is 2.37. The zero-order valence-electron chi connectivity index (χ0n) is 19.4. The van der Waals surface area contributed by atoms with Crippen LogP contribution in [0.25, 0.3) is 0 Å². The molecule has 0 aliphatic carbocycles. The first-order chi connectivity index (χ1) is 15.7. The van der Waals surface area contributed by atoms with E-state index in [0.717, 1.165) is 27.7 Å². The molecule has 9 nitrogen and oxygen atoms in total. The second-order valence-electron chi connectivity index (χ2n) is 8.43. The van der Waals surface area contributed by atoms with E-state index in [4.69, 9.17) is 15.2 Å². The third kappa shape index (κ3) is 6.53. The summed E-state index contributed by atoms with van der Waals surface area (Å²) in [7, 11) is 1.63. The second kappa shape index (κ2) is 11.1. The Morgan fingerprint density at radius 1 is 1.24 bits per heavy atom. The predicted molar refractivity (Wildman–Crippen MR) is 135 cm³/mol. The number of ketones is 1. The average Bonchev–Trinajstić information content (AvgIpc) is 2.76. The fourth-order valence-corrected chi connectivity index (χ4v) is 4.41. The number of rotatable bonds is 8. The van der Waals surface area contributed by atoms with Gasteiger partial charge in [0, 0.05) is 11.5 Å². The van der Waals surface area contributed by atoms with Gasteiger partial charge < -0.3 is 15.2 Å². The molecule has 0 radical (unpaired) electrons. The number of piperidine rings is 1. The molecule has 1 amide bonds. The lowest BCUT2D eigenvalue weighted by Crippen LogP contribution is -2.40. The molecular weight excluding hydrogens is 537 g/mol. The van der Waals surface area contributed by atoms with Crippen LogP contribution in [0.4, 0.5) is 11.8 Å². The number of nitrogens with one attached hydrogen (secondary N) is 1. The molecule has 2 aromatic rings. The largest absolute Gasteiger partial charge is 0.496 e. The van der Waals surface area contributed by atoms with Gasteiger partial charge in [-0.15, -0.1) is 0 Å². The van der Waals surface area contributed by atoms with Crippen molar-refractivity contribution in [3.63, 3.8) is 0 Å². The molecule has 0 spiro atoms. The monoisotopic (exact) mass is 567 g/mol. The zero-order chi connectivity index (χ0) is 24.1. The number of likely N-dealkylation sites (tertiary alicyclic amines) is 1. The molecule has 0 saturated carbocycles. The van der Waals surface area contributed by atoms with Gasteiger partial charge in [-0.25, -0.2) is 4.98 Å². The smallest absolute Gasteiger partial charge is 0.240 e. The number of anilines is 2. The van der Waals surface area contributed by atoms with Gasteiger partial charge in [0.2, 0.25) is 11.9 Å². The number of hydrogen-bond acceptors (Lipinski definition) is 8. The van der Waals surface area contributed by atoms with Crippen LogP contribution in [0.5, 0.6) is 17.2 Å². The molecule has 1 aromatic heterocycles. The van der Waals surface area contributed by atoms with Crippen LogP contribution in [-0.2, 0) is 9.59 Å². The van der Waals surface area contributed by atoms with Crippen molar-refractivity contribution in [2.24, 2.45) is 5.92 Å². The molecule has 3 rings (SSSR count). The van der Waals surface area contributed by atoms with Gasteiger partial charge in [0.1, 0.15) is 17.3 Å². The minimum absolute atomic E-state index is 0.102. The fourth-order valence-electron chi connectivity index (χ4n) is 3.75. The molecule has 1 fully saturated rings. The highest BCUT2D eigenvalue weighted by molar-refractivity contribution is 14.1. The molecule has 1 aliphatic heterocycles. The Bertz CT molecular complexity index is 1020. The number of hydrogen-bond donors (Lipinski definition) is 2. The van der Waals surface area contributed by atoms with Gasteiger partial charge in [-0.3, -0.25) is 19.8 Å². The summed E-state index contributed by atoms with van der Waals surface area (Å²) >= 11 is 2.19. The third-order valence-corrected chi connectivity index (χ3v) is 6.53. The van der Waals surface area contributed by atoms with E-state index in [1.165, 1.54) is 6.20 Å². The number of carbonyl (C=O) groups is 2. The number of carbonyl (C=O) groups excluding carboxylic acids is 2. The first-order valence-corrected chi connectivity index (χ1v) is 12.0. The number of aromatic nitrogens is 2. The van der Waals surface area contributed by atoms with Crippen LogP contribution >= 0.6 is 22.6 Å². The maximum atomic E-state index is 12.4. The number of methoxy groups -OCH3 is 1. The van der Waals surface area contributed by atoms with Gasteiger partial charge in [0.25, 0.3) is 0 Å². The van der Waals surface area contributed by atoms with E-state index in [1.807, 2.05) is 17.0 Å². The standard InChI is InChI=1S/C23H30IN5O4/c1-13(2)16-9-19(32-4)17(24)10-18(16)33-20-11-26-23(28-22(20)25)27-21(31)12-29-7-5-15(6-8-29)14(3)30/h9-11,13,15H,5-8,12H2,1-4H3,(H3,25,26,27,28,31). The summed E-state index contributed by atoms with van der Waals surface area (Å²) in [6, 6.07) is 3.84. The van der Waals surface area contributed by atoms with Crippen molar-refractivity contribution in [1.29, 1.82) is 0 Å². The minimum atomic E-state index is -0.226. The Morgan fingerprint density at radius 2 is 1.94 bits per heavy atom. The van der Waals surface area contributed by atoms with Crippen LogP contribution in [0.1, 0.15) is 45.1 Å². The van der Waals surface area contributed by atoms with Crippen LogP contribution in [0.2, 0.25) is 0 Å². The lowest BCUT2D eigenvalue weighted by Gasteiger charge is -2.30. The van der Waals surface area contributed by atoms with Crippen molar-refractivity contribution in [2.75, 3.05) is 37.8 Å². The Hall–Kier alpha value is -2.47. The van der Waals surface area contributed by atoms with Crippen LogP contribution in [0.15, 0.2) is 18.3 Å². The predicted octanol–water partition coefficient (Wildman–Crippen LogP) is 3.83. The number of halogens is 1. The van der Waals surface area contributed by atoms with Crippen molar-refractivity contribution < 1.29 is 19.1 Å². The van der Waals surface area contributed by atoms with Gasteiger partial charge >= 0.3 is 0 Å². The average molecular weight is 567 g/mol. The molecule has 0 bridgehead atoms. The molecule has 0 atom stereocenters. The molecule has 10 heteroatoms. The fraction of sp³-hybridized carbons (Fsp3) is 0.478. The van der Waals surface area contributed by atoms with E-state index in [1.54, 1.807) is 14.0 Å². The minimum Gasteiger partial charge on any atom is -0.496 e. The van der Waals surface area contributed by atoms with Gasteiger partial charge in [0.15, 0.2) is 11.6 Å². The molecule has 1 aromatic carbocycles. The second-order valence-corrected chi connectivity index (χ2v) is 9.60. The summed E-state index contributed by atoms with van der Waals surface area (Å²) < 4.78 is 12.4. The van der Waals surface area contributed by atoms with Crippen LogP contribution in [0.3, 0.4) is 0 Å². The van der Waals surface area contributed by atoms with E-state index in [0.29, 0.717) is 24.6 Å². The van der Waals surface area contributed by atoms with Gasteiger partial charge in [-0.2, -0.15) is 4.98 Å². The molecule has 2 heterocycles. The zero-order valence-corrected chi connectivity index (χ0v) is 21.5. The summed E-state index contributed by atoms with van der Waals surface area (Å²) in [5.41, 5.74) is 7.07. The SMILES string of the molecule is COc1cc(C(C)C)c(Oc2cnc(NC(=O)CN3CCC(C(C)=O)CC3)nc2N)cc1I. The van der Waals surface area contributed by atoms with Gasteiger partial charge in [0.05, 0.1) is 23.4 Å². The lowest BCUT2D eigenvalue weighted by atomic mass is 9.93. The number of Topliss-reactive ketones (excluding diaryl/α,β-unsaturated/α-hetero) is 1. The highest BCUT2D eigenvalue weighted by atomic mass is 127. The maximum Gasteiger partial charge on any atom is 0.240 e. The molecule has 3 N–H and O–H groups in total. The molecule has 1 saturated heterocycles. The first-order valence-electron chi connectivity index (χ1n) is 10.9. The topological polar surface area (TPSA) is 120 Å². The van der Waals surface area contributed by atoms with Crippen molar-refractivity contribution >= 4 is 46.0 Å². The van der Waals surface area contributed by atoms with E-state index in [-0.39, 0.29) is 41.8 Å². The molecule has 33 heavy (non-hydrogen) atoms. The number of nitrogen functional groups attached to an aromatic ring is 1. The van der Waals surface area contributed by atoms with Crippen molar-refractivity contribution in [3.8, 4) is 17.2 Å². The molecule has 178 valence electrons. The first kappa shape index (κ1) is 25.2. The molecular formula is C23H30IN5O4. The normalized spacial score (nSPS) is 14.8. The maximum absolute atomic E-state index is 12.4. The van der Waals surface area contributed by atoms with E-state index >= 15 is 0 Å². The number of nitrogens with zero attached hydrogens (tertiary/aromatic N) is 3. The molecule has 1 aliphatic rings. The number of amides is 1. The summed E-state index contributed by atoms with van der Waals surface area (Å²) in [4.78, 5) is 34.3. The van der Waals surface area contributed by atoms with Crippen molar-refractivity contribution in [1.82, 2.24) is 14.9 Å². The van der Waals surface area contributed by atoms with Crippen LogP contribution in [-0.4, -0.2) is 53.3 Å². The van der Waals surface area contributed by atoms with E-state index in [9.17, 15) is 9.59 Å². The Labute approximate surface area is 207 Å². The Kier molecular flexibility index (Phi) is 8.46.